The van der Waals surface area contributed by atoms with Crippen molar-refractivity contribution in [2.75, 3.05) is 19.3 Å². The second kappa shape index (κ2) is 8.76. The van der Waals surface area contributed by atoms with E-state index in [-0.39, 0.29) is 16.8 Å². The van der Waals surface area contributed by atoms with E-state index in [4.69, 9.17) is 9.47 Å². The topological polar surface area (TPSA) is 81.7 Å². The van der Waals surface area contributed by atoms with Gasteiger partial charge in [-0.05, 0) is 42.5 Å². The number of benzene rings is 3. The van der Waals surface area contributed by atoms with Crippen molar-refractivity contribution >= 4 is 35.5 Å². The number of rotatable bonds is 6. The third-order valence-electron chi connectivity index (χ3n) is 4.36. The van der Waals surface area contributed by atoms with E-state index in [1.54, 1.807) is 48.5 Å². The van der Waals surface area contributed by atoms with Gasteiger partial charge in [0.05, 0.1) is 31.0 Å². The molecule has 3 rings (SSSR count). The molecule has 7 heteroatoms. The lowest BCUT2D eigenvalue weighted by Gasteiger charge is -2.23. The average molecular weight is 409 g/mol. The summed E-state index contributed by atoms with van der Waals surface area (Å²) in [6.45, 7) is 0. The molecule has 0 radical (unpaired) electrons. The molecule has 0 heterocycles. The molecule has 0 fully saturated rings. The van der Waals surface area contributed by atoms with Gasteiger partial charge in [0.15, 0.2) is 0 Å². The van der Waals surface area contributed by atoms with Crippen LogP contribution in [-0.2, 0) is 14.0 Å². The molecule has 0 saturated heterocycles. The molecule has 0 saturated carbocycles. The minimum Gasteiger partial charge on any atom is -0.465 e. The smallest absolute Gasteiger partial charge is 0.339 e. The summed E-state index contributed by atoms with van der Waals surface area (Å²) < 4.78 is 23.8. The van der Waals surface area contributed by atoms with Gasteiger partial charge in [-0.2, -0.15) is 0 Å². The van der Waals surface area contributed by atoms with Crippen molar-refractivity contribution in [3.05, 3.63) is 90.0 Å². The van der Waals surface area contributed by atoms with Crippen LogP contribution in [-0.4, -0.2) is 26.2 Å². The molecule has 0 unspecified atom stereocenters. The van der Waals surface area contributed by atoms with Crippen molar-refractivity contribution in [3.63, 3.8) is 0 Å². The van der Waals surface area contributed by atoms with Crippen LogP contribution in [0.4, 0.5) is 5.69 Å². The minimum atomic E-state index is -3.39. The normalized spacial score (nSPS) is 10.8. The van der Waals surface area contributed by atoms with Crippen molar-refractivity contribution in [1.82, 2.24) is 0 Å². The maximum atomic E-state index is 14.2. The zero-order valence-electron chi connectivity index (χ0n) is 16.0. The van der Waals surface area contributed by atoms with Crippen LogP contribution in [0.2, 0.25) is 0 Å². The Morgan fingerprint density at radius 1 is 0.759 bits per heavy atom. The zero-order valence-corrected chi connectivity index (χ0v) is 16.9. The molecule has 0 atom stereocenters. The Morgan fingerprint density at radius 2 is 1.28 bits per heavy atom. The summed E-state index contributed by atoms with van der Waals surface area (Å²) in [6.07, 6.45) is 0. The molecule has 0 aliphatic carbocycles. The number of anilines is 1. The van der Waals surface area contributed by atoms with E-state index in [0.29, 0.717) is 10.6 Å². The highest BCUT2D eigenvalue weighted by molar-refractivity contribution is 7.80. The van der Waals surface area contributed by atoms with Crippen molar-refractivity contribution in [2.24, 2.45) is 0 Å². The molecule has 0 spiro atoms. The van der Waals surface area contributed by atoms with E-state index in [0.717, 1.165) is 0 Å². The van der Waals surface area contributed by atoms with Crippen LogP contribution in [0.3, 0.4) is 0 Å². The number of carbonyl (C=O) groups excluding carboxylic acids is 2. The maximum absolute atomic E-state index is 14.2. The second-order valence-corrected chi connectivity index (χ2v) is 8.61. The summed E-state index contributed by atoms with van der Waals surface area (Å²) in [5.41, 5.74) is 0.596. The largest absolute Gasteiger partial charge is 0.465 e. The highest BCUT2D eigenvalue weighted by Gasteiger charge is 2.29. The first-order valence-corrected chi connectivity index (χ1v) is 10.5. The van der Waals surface area contributed by atoms with E-state index in [2.05, 4.69) is 5.09 Å². The highest BCUT2D eigenvalue weighted by atomic mass is 31.2. The standard InChI is InChI=1S/C22H20NO5P/c1-27-21(24)16-13-14-19(22(25)28-2)20(15-16)23-29(26,17-9-5-3-6-10-17)18-11-7-4-8-12-18/h3-15H,1-2H3,(H,23,26). The molecule has 148 valence electrons. The van der Waals surface area contributed by atoms with Gasteiger partial charge in [-0.25, -0.2) is 9.59 Å². The lowest BCUT2D eigenvalue weighted by molar-refractivity contribution is 0.0587. The van der Waals surface area contributed by atoms with Crippen LogP contribution in [0.15, 0.2) is 78.9 Å². The molecule has 3 aromatic rings. The van der Waals surface area contributed by atoms with Gasteiger partial charge in [-0.15, -0.1) is 0 Å². The summed E-state index contributed by atoms with van der Waals surface area (Å²) >= 11 is 0. The van der Waals surface area contributed by atoms with Gasteiger partial charge >= 0.3 is 11.9 Å². The van der Waals surface area contributed by atoms with Gasteiger partial charge in [0.25, 0.3) is 0 Å². The molecule has 3 aromatic carbocycles. The SMILES string of the molecule is COC(=O)c1ccc(C(=O)OC)c(NP(=O)(c2ccccc2)c2ccccc2)c1. The van der Waals surface area contributed by atoms with E-state index < -0.39 is 19.2 Å². The van der Waals surface area contributed by atoms with Gasteiger partial charge < -0.3 is 14.6 Å². The molecule has 6 nitrogen and oxygen atoms in total. The lowest BCUT2D eigenvalue weighted by atomic mass is 10.1. The van der Waals surface area contributed by atoms with Gasteiger partial charge in [0.2, 0.25) is 7.29 Å². The van der Waals surface area contributed by atoms with E-state index in [9.17, 15) is 14.2 Å². The molecule has 0 bridgehead atoms. The fourth-order valence-corrected chi connectivity index (χ4v) is 5.16. The predicted octanol–water partition coefficient (Wildman–Crippen LogP) is 3.60. The fraction of sp³-hybridized carbons (Fsp3) is 0.0909. The van der Waals surface area contributed by atoms with Crippen LogP contribution >= 0.6 is 7.29 Å². The minimum absolute atomic E-state index is 0.159. The van der Waals surface area contributed by atoms with Gasteiger partial charge in [0, 0.05) is 10.6 Å². The van der Waals surface area contributed by atoms with Crippen LogP contribution in [0.5, 0.6) is 0 Å². The predicted molar refractivity (Wildman–Crippen MR) is 113 cm³/mol. The summed E-state index contributed by atoms with van der Waals surface area (Å²) in [4.78, 5) is 24.3. The first-order chi connectivity index (χ1) is 14.0. The number of methoxy groups -OCH3 is 2. The number of esters is 2. The van der Waals surface area contributed by atoms with E-state index >= 15 is 0 Å². The number of nitrogens with one attached hydrogen (secondary N) is 1. The quantitative estimate of drug-likeness (QED) is 0.495. The van der Waals surface area contributed by atoms with Gasteiger partial charge in [-0.3, -0.25) is 4.57 Å². The Kier molecular flexibility index (Phi) is 6.15. The molecular formula is C22H20NO5P. The molecule has 0 aliphatic rings. The van der Waals surface area contributed by atoms with E-state index in [1.807, 2.05) is 12.1 Å². The maximum Gasteiger partial charge on any atom is 0.339 e. The highest BCUT2D eigenvalue weighted by Crippen LogP contribution is 2.44. The Labute approximate surface area is 168 Å². The van der Waals surface area contributed by atoms with Crippen LogP contribution < -0.4 is 15.7 Å². The molecule has 1 N–H and O–H groups in total. The number of ether oxygens (including phenoxy) is 2. The Bertz CT molecular complexity index is 1020. The average Bonchev–Trinajstić information content (AvgIpc) is 2.79. The van der Waals surface area contributed by atoms with Crippen molar-refractivity contribution < 1.29 is 23.6 Å². The van der Waals surface area contributed by atoms with Crippen molar-refractivity contribution in [2.45, 2.75) is 0 Å². The third kappa shape index (κ3) is 4.23. The summed E-state index contributed by atoms with van der Waals surface area (Å²) in [7, 11) is -0.867. The summed E-state index contributed by atoms with van der Waals surface area (Å²) in [5.74, 6) is -1.18. The molecule has 0 amide bonds. The number of hydrogen-bond acceptors (Lipinski definition) is 5. The van der Waals surface area contributed by atoms with Gasteiger partial charge in [-0.1, -0.05) is 36.4 Å². The monoisotopic (exact) mass is 409 g/mol. The second-order valence-electron chi connectivity index (χ2n) is 6.14. The number of hydrogen-bond donors (Lipinski definition) is 1. The number of carbonyl (C=O) groups is 2. The van der Waals surface area contributed by atoms with E-state index in [1.165, 1.54) is 32.4 Å². The summed E-state index contributed by atoms with van der Waals surface area (Å²) in [5, 5.41) is 4.16. The Hall–Kier alpha value is -3.37. The Morgan fingerprint density at radius 3 is 1.76 bits per heavy atom. The molecule has 29 heavy (non-hydrogen) atoms. The van der Waals surface area contributed by atoms with Crippen molar-refractivity contribution in [3.8, 4) is 0 Å². The van der Waals surface area contributed by atoms with Crippen LogP contribution in [0.1, 0.15) is 20.7 Å². The van der Waals surface area contributed by atoms with Crippen LogP contribution in [0, 0.1) is 0 Å². The van der Waals surface area contributed by atoms with Gasteiger partial charge in [0.1, 0.15) is 0 Å². The molecule has 0 aliphatic heterocycles. The Balaban J connectivity index is 2.18. The fourth-order valence-electron chi connectivity index (χ4n) is 2.89. The molecular weight excluding hydrogens is 389 g/mol. The first-order valence-electron chi connectivity index (χ1n) is 8.80. The zero-order chi connectivity index (χ0) is 20.9. The van der Waals surface area contributed by atoms with Crippen LogP contribution in [0.25, 0.3) is 0 Å². The third-order valence-corrected chi connectivity index (χ3v) is 6.97. The first kappa shape index (κ1) is 20.4. The van der Waals surface area contributed by atoms with Crippen molar-refractivity contribution in [1.29, 1.82) is 0 Å². The lowest BCUT2D eigenvalue weighted by Crippen LogP contribution is -2.23. The molecule has 0 aromatic heterocycles. The summed E-state index contributed by atoms with van der Waals surface area (Å²) in [6, 6.07) is 22.2.